The van der Waals surface area contributed by atoms with Crippen LogP contribution in [0.5, 0.6) is 5.75 Å². The minimum absolute atomic E-state index is 0.119. The van der Waals surface area contributed by atoms with Crippen LogP contribution in [0.15, 0.2) is 48.5 Å². The van der Waals surface area contributed by atoms with E-state index in [4.69, 9.17) is 20.9 Å². The van der Waals surface area contributed by atoms with Gasteiger partial charge in [-0.2, -0.15) is 8.42 Å². The van der Waals surface area contributed by atoms with Gasteiger partial charge < -0.3 is 15.2 Å². The van der Waals surface area contributed by atoms with Crippen molar-refractivity contribution in [2.24, 2.45) is 0 Å². The molecule has 6 nitrogen and oxygen atoms in total. The lowest BCUT2D eigenvalue weighted by atomic mass is 10.1. The second kappa shape index (κ2) is 9.34. The molecule has 0 saturated carbocycles. The molecule has 0 saturated heterocycles. The fraction of sp³-hybridized carbons (Fsp3) is 0.333. The van der Waals surface area contributed by atoms with E-state index >= 15 is 0 Å². The van der Waals surface area contributed by atoms with E-state index in [0.29, 0.717) is 17.3 Å². The first kappa shape index (κ1) is 20.7. The van der Waals surface area contributed by atoms with Crippen LogP contribution in [0.2, 0.25) is 5.02 Å². The molecular formula is C18H22ClNO5S. The van der Waals surface area contributed by atoms with E-state index in [0.717, 1.165) is 17.5 Å². The molecule has 2 aromatic rings. The number of nitrogens with one attached hydrogen (secondary N) is 1. The minimum atomic E-state index is -4.16. The zero-order valence-electron chi connectivity index (χ0n) is 14.3. The molecule has 0 aliphatic rings. The van der Waals surface area contributed by atoms with Gasteiger partial charge in [0, 0.05) is 17.6 Å². The van der Waals surface area contributed by atoms with E-state index in [2.05, 4.69) is 5.32 Å². The van der Waals surface area contributed by atoms with Gasteiger partial charge in [-0.3, -0.25) is 4.55 Å². The Kier molecular flexibility index (Phi) is 7.43. The van der Waals surface area contributed by atoms with Crippen LogP contribution in [0.4, 0.5) is 0 Å². The smallest absolute Gasteiger partial charge is 0.300 e. The van der Waals surface area contributed by atoms with E-state index in [1.54, 1.807) is 30.3 Å². The highest BCUT2D eigenvalue weighted by atomic mass is 35.5. The molecule has 2 atom stereocenters. The van der Waals surface area contributed by atoms with Crippen LogP contribution in [0.1, 0.15) is 24.2 Å². The Labute approximate surface area is 158 Å². The lowest BCUT2D eigenvalue weighted by Gasteiger charge is -2.18. The number of aliphatic hydroxyl groups is 1. The summed E-state index contributed by atoms with van der Waals surface area (Å²) in [5, 5.41) is 14.1. The maximum absolute atomic E-state index is 10.7. The lowest BCUT2D eigenvalue weighted by molar-refractivity contribution is 0.170. The Morgan fingerprint density at radius 2 is 1.88 bits per heavy atom. The third-order valence-electron chi connectivity index (χ3n) is 3.73. The molecule has 0 fully saturated rings. The maximum atomic E-state index is 10.7. The molecule has 0 aliphatic heterocycles. The fourth-order valence-corrected chi connectivity index (χ4v) is 2.92. The van der Waals surface area contributed by atoms with Crippen LogP contribution in [-0.4, -0.2) is 36.6 Å². The zero-order valence-corrected chi connectivity index (χ0v) is 15.9. The molecule has 8 heteroatoms. The van der Waals surface area contributed by atoms with Crippen molar-refractivity contribution in [2.75, 3.05) is 12.5 Å². The number of ether oxygens (including phenoxy) is 1. The fourth-order valence-electron chi connectivity index (χ4n) is 2.43. The van der Waals surface area contributed by atoms with Gasteiger partial charge in [0.05, 0.1) is 6.10 Å². The van der Waals surface area contributed by atoms with Crippen molar-refractivity contribution in [3.63, 3.8) is 0 Å². The quantitative estimate of drug-likeness (QED) is 0.561. The third-order valence-corrected chi connectivity index (χ3v) is 4.38. The standard InChI is InChI=1S/C18H22ClNO5S/c1-13(20-11-18(21)15-3-2-4-16(19)10-15)9-14-5-7-17(8-6-14)25-12-26(22,23)24/h2-8,10,13,18,20-21H,9,11-12H2,1H3,(H,22,23,24)/t13-,18+/m1/s1. The summed E-state index contributed by atoms with van der Waals surface area (Å²) < 4.78 is 35.0. The van der Waals surface area contributed by atoms with Crippen molar-refractivity contribution < 1.29 is 22.8 Å². The van der Waals surface area contributed by atoms with E-state index in [-0.39, 0.29) is 6.04 Å². The van der Waals surface area contributed by atoms with Crippen LogP contribution in [0.3, 0.4) is 0 Å². The van der Waals surface area contributed by atoms with Gasteiger partial charge in [0.25, 0.3) is 0 Å². The summed E-state index contributed by atoms with van der Waals surface area (Å²) in [5.41, 5.74) is 1.79. The van der Waals surface area contributed by atoms with Crippen LogP contribution in [0, 0.1) is 0 Å². The molecule has 26 heavy (non-hydrogen) atoms. The largest absolute Gasteiger partial charge is 0.475 e. The highest BCUT2D eigenvalue weighted by molar-refractivity contribution is 7.85. The van der Waals surface area contributed by atoms with Crippen LogP contribution < -0.4 is 10.1 Å². The molecule has 0 aliphatic carbocycles. The molecule has 2 rings (SSSR count). The summed E-state index contributed by atoms with van der Waals surface area (Å²) in [5.74, 6) is -0.408. The zero-order chi connectivity index (χ0) is 19.2. The predicted octanol–water partition coefficient (Wildman–Crippen LogP) is 2.82. The summed E-state index contributed by atoms with van der Waals surface area (Å²) in [6.45, 7) is 2.41. The molecule has 2 aromatic carbocycles. The summed E-state index contributed by atoms with van der Waals surface area (Å²) in [6.07, 6.45) is 0.0771. The Bertz CT molecular complexity index is 811. The second-order valence-corrected chi connectivity index (χ2v) is 7.91. The van der Waals surface area contributed by atoms with Crippen molar-refractivity contribution in [3.8, 4) is 5.75 Å². The SMILES string of the molecule is C[C@H](Cc1ccc(OCS(=O)(=O)O)cc1)NC[C@H](O)c1cccc(Cl)c1. The van der Waals surface area contributed by atoms with Crippen molar-refractivity contribution in [1.82, 2.24) is 5.32 Å². The van der Waals surface area contributed by atoms with E-state index < -0.39 is 22.2 Å². The van der Waals surface area contributed by atoms with Gasteiger partial charge in [-0.15, -0.1) is 0 Å². The number of benzene rings is 2. The van der Waals surface area contributed by atoms with Gasteiger partial charge in [-0.25, -0.2) is 0 Å². The number of rotatable bonds is 9. The van der Waals surface area contributed by atoms with Crippen molar-refractivity contribution >= 4 is 21.7 Å². The van der Waals surface area contributed by atoms with E-state index in [1.807, 2.05) is 25.1 Å². The highest BCUT2D eigenvalue weighted by Gasteiger charge is 2.11. The summed E-state index contributed by atoms with van der Waals surface area (Å²) in [4.78, 5) is 0. The molecule has 0 aromatic heterocycles. The van der Waals surface area contributed by atoms with Gasteiger partial charge >= 0.3 is 10.1 Å². The predicted molar refractivity (Wildman–Crippen MR) is 101 cm³/mol. The summed E-state index contributed by atoms with van der Waals surface area (Å²) in [7, 11) is -4.16. The molecule has 0 heterocycles. The van der Waals surface area contributed by atoms with Gasteiger partial charge in [0.1, 0.15) is 5.75 Å². The number of hydrogen-bond donors (Lipinski definition) is 3. The Hall–Kier alpha value is -1.64. The van der Waals surface area contributed by atoms with Crippen molar-refractivity contribution in [1.29, 1.82) is 0 Å². The highest BCUT2D eigenvalue weighted by Crippen LogP contribution is 2.18. The first-order valence-electron chi connectivity index (χ1n) is 8.07. The first-order valence-corrected chi connectivity index (χ1v) is 10.1. The van der Waals surface area contributed by atoms with E-state index in [1.165, 1.54) is 0 Å². The Morgan fingerprint density at radius 1 is 1.19 bits per heavy atom. The maximum Gasteiger partial charge on any atom is 0.300 e. The third kappa shape index (κ3) is 7.31. The monoisotopic (exact) mass is 399 g/mol. The van der Waals surface area contributed by atoms with Crippen LogP contribution >= 0.6 is 11.6 Å². The molecule has 0 radical (unpaired) electrons. The van der Waals surface area contributed by atoms with Gasteiger partial charge in [0.2, 0.25) is 5.94 Å². The molecule has 0 bridgehead atoms. The number of halogens is 1. The molecule has 0 unspecified atom stereocenters. The Morgan fingerprint density at radius 3 is 2.50 bits per heavy atom. The number of aliphatic hydroxyl groups excluding tert-OH is 1. The summed E-state index contributed by atoms with van der Waals surface area (Å²) in [6, 6.07) is 14.2. The molecule has 142 valence electrons. The van der Waals surface area contributed by atoms with Gasteiger partial charge in [-0.1, -0.05) is 35.9 Å². The molecule has 0 amide bonds. The molecule has 0 spiro atoms. The number of hydrogen-bond acceptors (Lipinski definition) is 5. The topological polar surface area (TPSA) is 95.9 Å². The van der Waals surface area contributed by atoms with Crippen molar-refractivity contribution in [3.05, 3.63) is 64.7 Å². The minimum Gasteiger partial charge on any atom is -0.475 e. The second-order valence-electron chi connectivity index (χ2n) is 6.07. The van der Waals surface area contributed by atoms with Crippen molar-refractivity contribution in [2.45, 2.75) is 25.5 Å². The lowest BCUT2D eigenvalue weighted by Crippen LogP contribution is -2.32. The molecular weight excluding hydrogens is 378 g/mol. The average molecular weight is 400 g/mol. The van der Waals surface area contributed by atoms with Crippen LogP contribution in [0.25, 0.3) is 0 Å². The van der Waals surface area contributed by atoms with E-state index in [9.17, 15) is 13.5 Å². The summed E-state index contributed by atoms with van der Waals surface area (Å²) >= 11 is 5.93. The normalized spacial score (nSPS) is 14.0. The van der Waals surface area contributed by atoms with Gasteiger partial charge in [-0.05, 0) is 48.7 Å². The average Bonchev–Trinajstić information content (AvgIpc) is 2.58. The van der Waals surface area contributed by atoms with Gasteiger partial charge in [0.15, 0.2) is 0 Å². The van der Waals surface area contributed by atoms with Crippen LogP contribution in [-0.2, 0) is 16.5 Å². The molecule has 3 N–H and O–H groups in total. The first-order chi connectivity index (χ1) is 12.2. The Balaban J connectivity index is 1.81.